The van der Waals surface area contributed by atoms with Gasteiger partial charge >= 0.3 is 0 Å². The van der Waals surface area contributed by atoms with E-state index in [2.05, 4.69) is 29.6 Å². The maximum atomic E-state index is 5.78. The van der Waals surface area contributed by atoms with Gasteiger partial charge in [0.15, 0.2) is 0 Å². The molecule has 2 heteroatoms. The molecule has 2 aliphatic carbocycles. The first kappa shape index (κ1) is 12.2. The Balaban J connectivity index is 1.51. The second-order valence-electron chi connectivity index (χ2n) is 5.88. The minimum absolute atomic E-state index is 0.658. The first-order chi connectivity index (χ1) is 8.88. The van der Waals surface area contributed by atoms with Crippen molar-refractivity contribution in [2.45, 2.75) is 44.7 Å². The van der Waals surface area contributed by atoms with Gasteiger partial charge in [-0.15, -0.1) is 0 Å². The van der Waals surface area contributed by atoms with Crippen LogP contribution in [0.1, 0.15) is 36.8 Å². The van der Waals surface area contributed by atoms with Gasteiger partial charge in [0.2, 0.25) is 0 Å². The highest BCUT2D eigenvalue weighted by Gasteiger charge is 2.40. The molecule has 0 aromatic heterocycles. The van der Waals surface area contributed by atoms with E-state index in [1.165, 1.54) is 36.8 Å². The number of benzene rings is 1. The molecule has 0 spiro atoms. The van der Waals surface area contributed by atoms with E-state index in [9.17, 15) is 0 Å². The third kappa shape index (κ3) is 2.93. The first-order valence-electron chi connectivity index (χ1n) is 7.38. The van der Waals surface area contributed by atoms with Crippen LogP contribution in [0, 0.1) is 11.8 Å². The summed E-state index contributed by atoms with van der Waals surface area (Å²) in [5, 5.41) is 3.80. The van der Waals surface area contributed by atoms with E-state index in [1.54, 1.807) is 0 Å². The first-order valence-corrected chi connectivity index (χ1v) is 7.38. The molecule has 0 radical (unpaired) electrons. The molecule has 2 fully saturated rings. The molecular weight excluding hydrogens is 220 g/mol. The van der Waals surface area contributed by atoms with Crippen molar-refractivity contribution in [2.75, 3.05) is 6.54 Å². The zero-order valence-electron chi connectivity index (χ0n) is 11.1. The molecule has 18 heavy (non-hydrogen) atoms. The van der Waals surface area contributed by atoms with Crippen LogP contribution in [0.15, 0.2) is 24.3 Å². The minimum atomic E-state index is 0.658. The number of nitrogens with two attached hydrogens (primary N) is 1. The topological polar surface area (TPSA) is 38.0 Å². The van der Waals surface area contributed by atoms with E-state index in [1.807, 2.05) is 0 Å². The Bertz CT molecular complexity index is 382. The van der Waals surface area contributed by atoms with Crippen molar-refractivity contribution in [3.8, 4) is 0 Å². The molecule has 2 aliphatic rings. The summed E-state index contributed by atoms with van der Waals surface area (Å²) in [6, 6.07) is 9.38. The van der Waals surface area contributed by atoms with Crippen molar-refractivity contribution in [3.05, 3.63) is 35.4 Å². The summed E-state index contributed by atoms with van der Waals surface area (Å²) < 4.78 is 0. The Morgan fingerprint density at radius 3 is 2.22 bits per heavy atom. The van der Waals surface area contributed by atoms with Gasteiger partial charge in [-0.3, -0.25) is 0 Å². The Kier molecular flexibility index (Phi) is 3.67. The summed E-state index contributed by atoms with van der Waals surface area (Å²) in [7, 11) is 0. The fourth-order valence-corrected chi connectivity index (χ4v) is 3.00. The molecule has 2 saturated carbocycles. The van der Waals surface area contributed by atoms with Gasteiger partial charge in [-0.2, -0.15) is 0 Å². The van der Waals surface area contributed by atoms with Crippen molar-refractivity contribution in [3.63, 3.8) is 0 Å². The summed E-state index contributed by atoms with van der Waals surface area (Å²) in [4.78, 5) is 0. The molecule has 2 nitrogen and oxygen atoms in total. The van der Waals surface area contributed by atoms with Crippen LogP contribution in [0.2, 0.25) is 0 Å². The number of nitrogens with one attached hydrogen (secondary N) is 1. The molecule has 0 amide bonds. The van der Waals surface area contributed by atoms with E-state index < -0.39 is 0 Å². The highest BCUT2D eigenvalue weighted by Crippen LogP contribution is 2.44. The van der Waals surface area contributed by atoms with Gasteiger partial charge < -0.3 is 11.1 Å². The molecule has 3 N–H and O–H groups in total. The SMILES string of the molecule is NCc1ccccc1CCNC(C1CC1)C1CC1. The Hall–Kier alpha value is -0.860. The van der Waals surface area contributed by atoms with Crippen LogP contribution in [0.5, 0.6) is 0 Å². The van der Waals surface area contributed by atoms with Crippen LogP contribution in [0.25, 0.3) is 0 Å². The Morgan fingerprint density at radius 1 is 1.06 bits per heavy atom. The van der Waals surface area contributed by atoms with Gasteiger partial charge in [0, 0.05) is 12.6 Å². The second kappa shape index (κ2) is 5.41. The Labute approximate surface area is 110 Å². The van der Waals surface area contributed by atoms with E-state index in [0.29, 0.717) is 6.54 Å². The average molecular weight is 244 g/mol. The molecule has 0 saturated heterocycles. The van der Waals surface area contributed by atoms with Crippen molar-refractivity contribution in [1.82, 2.24) is 5.32 Å². The summed E-state index contributed by atoms with van der Waals surface area (Å²) in [5.41, 5.74) is 8.49. The lowest BCUT2D eigenvalue weighted by Gasteiger charge is -2.18. The molecular formula is C16H24N2. The van der Waals surface area contributed by atoms with Crippen molar-refractivity contribution in [1.29, 1.82) is 0 Å². The second-order valence-corrected chi connectivity index (χ2v) is 5.88. The van der Waals surface area contributed by atoms with Gasteiger partial charge in [0.05, 0.1) is 0 Å². The largest absolute Gasteiger partial charge is 0.326 e. The molecule has 0 atom stereocenters. The monoisotopic (exact) mass is 244 g/mol. The molecule has 98 valence electrons. The lowest BCUT2D eigenvalue weighted by Crippen LogP contribution is -2.34. The van der Waals surface area contributed by atoms with Crippen molar-refractivity contribution in [2.24, 2.45) is 17.6 Å². The summed E-state index contributed by atoms with van der Waals surface area (Å²) in [5.74, 6) is 1.98. The molecule has 0 unspecified atom stereocenters. The van der Waals surface area contributed by atoms with Gasteiger partial charge in [-0.1, -0.05) is 24.3 Å². The third-order valence-corrected chi connectivity index (χ3v) is 4.37. The summed E-state index contributed by atoms with van der Waals surface area (Å²) >= 11 is 0. The highest BCUT2D eigenvalue weighted by atomic mass is 14.9. The molecule has 0 bridgehead atoms. The van der Waals surface area contributed by atoms with Crippen LogP contribution in [0.4, 0.5) is 0 Å². The van der Waals surface area contributed by atoms with Crippen molar-refractivity contribution >= 4 is 0 Å². The van der Waals surface area contributed by atoms with Crippen LogP contribution in [-0.4, -0.2) is 12.6 Å². The Morgan fingerprint density at radius 2 is 1.67 bits per heavy atom. The average Bonchev–Trinajstić information content (AvgIpc) is 3.28. The van der Waals surface area contributed by atoms with Crippen LogP contribution in [-0.2, 0) is 13.0 Å². The van der Waals surface area contributed by atoms with Gasteiger partial charge in [0.1, 0.15) is 0 Å². The van der Waals surface area contributed by atoms with Crippen LogP contribution >= 0.6 is 0 Å². The quantitative estimate of drug-likeness (QED) is 0.773. The normalized spacial score (nSPS) is 19.4. The van der Waals surface area contributed by atoms with E-state index in [-0.39, 0.29) is 0 Å². The predicted octanol–water partition coefficient (Wildman–Crippen LogP) is 2.47. The lowest BCUT2D eigenvalue weighted by molar-refractivity contribution is 0.420. The molecule has 0 heterocycles. The molecule has 1 aromatic carbocycles. The zero-order valence-corrected chi connectivity index (χ0v) is 11.1. The summed E-state index contributed by atoms with van der Waals surface area (Å²) in [6.45, 7) is 1.76. The molecule has 1 aromatic rings. The van der Waals surface area contributed by atoms with E-state index in [4.69, 9.17) is 5.73 Å². The van der Waals surface area contributed by atoms with Crippen LogP contribution < -0.4 is 11.1 Å². The van der Waals surface area contributed by atoms with Gasteiger partial charge in [-0.25, -0.2) is 0 Å². The fourth-order valence-electron chi connectivity index (χ4n) is 3.00. The molecule has 0 aliphatic heterocycles. The smallest absolute Gasteiger partial charge is 0.0180 e. The third-order valence-electron chi connectivity index (χ3n) is 4.37. The van der Waals surface area contributed by atoms with Crippen molar-refractivity contribution < 1.29 is 0 Å². The van der Waals surface area contributed by atoms with Gasteiger partial charge in [-0.05, 0) is 61.6 Å². The molecule has 3 rings (SSSR count). The number of hydrogen-bond acceptors (Lipinski definition) is 2. The predicted molar refractivity (Wildman–Crippen MR) is 75.3 cm³/mol. The number of rotatable bonds is 7. The minimum Gasteiger partial charge on any atom is -0.326 e. The zero-order chi connectivity index (χ0) is 12.4. The van der Waals surface area contributed by atoms with Gasteiger partial charge in [0.25, 0.3) is 0 Å². The highest BCUT2D eigenvalue weighted by molar-refractivity contribution is 5.27. The number of hydrogen-bond donors (Lipinski definition) is 2. The van der Waals surface area contributed by atoms with E-state index >= 15 is 0 Å². The fraction of sp³-hybridized carbons (Fsp3) is 0.625. The maximum Gasteiger partial charge on any atom is 0.0180 e. The lowest BCUT2D eigenvalue weighted by atomic mass is 10.0. The van der Waals surface area contributed by atoms with E-state index in [0.717, 1.165) is 30.8 Å². The standard InChI is InChI=1S/C16H24N2/c17-11-15-4-2-1-3-12(15)9-10-18-16(13-5-6-13)14-7-8-14/h1-4,13-14,16,18H,5-11,17H2. The maximum absolute atomic E-state index is 5.78. The summed E-state index contributed by atoms with van der Waals surface area (Å²) in [6.07, 6.45) is 6.92. The van der Waals surface area contributed by atoms with Crippen LogP contribution in [0.3, 0.4) is 0 Å².